The van der Waals surface area contributed by atoms with Crippen molar-refractivity contribution in [3.05, 3.63) is 23.9 Å². The lowest BCUT2D eigenvalue weighted by atomic mass is 9.96. The van der Waals surface area contributed by atoms with Crippen molar-refractivity contribution in [3.63, 3.8) is 0 Å². The van der Waals surface area contributed by atoms with E-state index in [1.165, 1.54) is 0 Å². The van der Waals surface area contributed by atoms with Crippen LogP contribution in [0.25, 0.3) is 0 Å². The van der Waals surface area contributed by atoms with Gasteiger partial charge in [-0.3, -0.25) is 0 Å². The first-order valence-corrected chi connectivity index (χ1v) is 5.55. The molecule has 0 aromatic carbocycles. The van der Waals surface area contributed by atoms with Gasteiger partial charge in [0.15, 0.2) is 0 Å². The summed E-state index contributed by atoms with van der Waals surface area (Å²) in [6, 6.07) is 5.98. The first kappa shape index (κ1) is 10.9. The van der Waals surface area contributed by atoms with E-state index in [9.17, 15) is 0 Å². The Morgan fingerprint density at radius 2 is 2.31 bits per heavy atom. The minimum Gasteiger partial charge on any atom is -0.355 e. The monoisotopic (exact) mass is 216 g/mol. The average Bonchev–Trinajstić information content (AvgIpc) is 2.28. The van der Waals surface area contributed by atoms with Gasteiger partial charge in [-0.1, -0.05) is 6.92 Å². The van der Waals surface area contributed by atoms with E-state index in [-0.39, 0.29) is 6.04 Å². The summed E-state index contributed by atoms with van der Waals surface area (Å²) in [6.45, 7) is 4.05. The molecule has 16 heavy (non-hydrogen) atoms. The number of pyridine rings is 1. The highest BCUT2D eigenvalue weighted by molar-refractivity contribution is 5.42. The fraction of sp³-hybridized carbons (Fsp3) is 0.500. The van der Waals surface area contributed by atoms with Gasteiger partial charge < -0.3 is 10.6 Å². The third-order valence-electron chi connectivity index (χ3n) is 2.89. The highest BCUT2D eigenvalue weighted by atomic mass is 15.2. The van der Waals surface area contributed by atoms with Crippen molar-refractivity contribution >= 4 is 5.82 Å². The molecular weight excluding hydrogens is 200 g/mol. The molecule has 1 fully saturated rings. The van der Waals surface area contributed by atoms with E-state index in [1.807, 2.05) is 6.07 Å². The van der Waals surface area contributed by atoms with Gasteiger partial charge in [0.2, 0.25) is 0 Å². The van der Waals surface area contributed by atoms with Crippen molar-refractivity contribution in [2.45, 2.75) is 19.4 Å². The first-order valence-electron chi connectivity index (χ1n) is 5.55. The van der Waals surface area contributed by atoms with Crippen molar-refractivity contribution in [1.82, 2.24) is 4.98 Å². The maximum atomic E-state index is 8.70. The van der Waals surface area contributed by atoms with Crippen LogP contribution in [0.4, 0.5) is 5.82 Å². The van der Waals surface area contributed by atoms with Crippen molar-refractivity contribution < 1.29 is 0 Å². The summed E-state index contributed by atoms with van der Waals surface area (Å²) in [7, 11) is 0. The number of nitriles is 1. The Kier molecular flexibility index (Phi) is 3.07. The molecule has 0 spiro atoms. The van der Waals surface area contributed by atoms with Gasteiger partial charge in [0.25, 0.3) is 0 Å². The van der Waals surface area contributed by atoms with Crippen LogP contribution in [0.3, 0.4) is 0 Å². The zero-order valence-corrected chi connectivity index (χ0v) is 9.43. The molecule has 2 N–H and O–H groups in total. The molecule has 0 aliphatic carbocycles. The van der Waals surface area contributed by atoms with Crippen LogP contribution < -0.4 is 10.6 Å². The number of piperidine rings is 1. The lowest BCUT2D eigenvalue weighted by Crippen LogP contribution is -2.46. The van der Waals surface area contributed by atoms with Gasteiger partial charge in [-0.2, -0.15) is 5.26 Å². The Balaban J connectivity index is 2.14. The van der Waals surface area contributed by atoms with Gasteiger partial charge >= 0.3 is 0 Å². The predicted octanol–water partition coefficient (Wildman–Crippen LogP) is 1.13. The predicted molar refractivity (Wildman–Crippen MR) is 62.9 cm³/mol. The summed E-state index contributed by atoms with van der Waals surface area (Å²) in [6.07, 6.45) is 2.69. The highest BCUT2D eigenvalue weighted by Gasteiger charge is 2.22. The van der Waals surface area contributed by atoms with Crippen LogP contribution in [0.1, 0.15) is 18.9 Å². The summed E-state index contributed by atoms with van der Waals surface area (Å²) in [5.41, 5.74) is 6.58. The molecule has 1 aliphatic heterocycles. The third-order valence-corrected chi connectivity index (χ3v) is 2.89. The summed E-state index contributed by atoms with van der Waals surface area (Å²) in [4.78, 5) is 6.48. The maximum Gasteiger partial charge on any atom is 0.128 e. The van der Waals surface area contributed by atoms with E-state index in [2.05, 4.69) is 22.9 Å². The number of hydrogen-bond acceptors (Lipinski definition) is 4. The Hall–Kier alpha value is -1.60. The Labute approximate surface area is 95.7 Å². The molecule has 2 atom stereocenters. The van der Waals surface area contributed by atoms with Crippen molar-refractivity contribution in [2.75, 3.05) is 18.0 Å². The number of hydrogen-bond donors (Lipinski definition) is 1. The van der Waals surface area contributed by atoms with Crippen LogP contribution in [0.5, 0.6) is 0 Å². The molecule has 1 aromatic heterocycles. The Morgan fingerprint density at radius 1 is 1.50 bits per heavy atom. The van der Waals surface area contributed by atoms with Crippen LogP contribution in [-0.4, -0.2) is 24.1 Å². The molecule has 1 saturated heterocycles. The van der Waals surface area contributed by atoms with Gasteiger partial charge in [0.05, 0.1) is 5.56 Å². The molecule has 0 bridgehead atoms. The van der Waals surface area contributed by atoms with E-state index in [0.29, 0.717) is 11.5 Å². The second-order valence-electron chi connectivity index (χ2n) is 4.52. The number of nitrogens with two attached hydrogens (primary N) is 1. The van der Waals surface area contributed by atoms with Gasteiger partial charge in [-0.15, -0.1) is 0 Å². The standard InChI is InChI=1S/C12H16N4/c1-9-4-11(14)8-16(7-9)12-3-2-10(5-13)6-15-12/h2-3,6,9,11H,4,7-8,14H2,1H3. The molecule has 4 heteroatoms. The van der Waals surface area contributed by atoms with Gasteiger partial charge in [0, 0.05) is 25.3 Å². The summed E-state index contributed by atoms with van der Waals surface area (Å²) >= 11 is 0. The molecule has 0 saturated carbocycles. The third kappa shape index (κ3) is 2.31. The number of anilines is 1. The second-order valence-corrected chi connectivity index (χ2v) is 4.52. The molecule has 1 aliphatic rings. The lowest BCUT2D eigenvalue weighted by Gasteiger charge is -2.35. The van der Waals surface area contributed by atoms with Gasteiger partial charge in [0.1, 0.15) is 11.9 Å². The molecule has 2 heterocycles. The smallest absolute Gasteiger partial charge is 0.128 e. The zero-order valence-electron chi connectivity index (χ0n) is 9.43. The SMILES string of the molecule is CC1CC(N)CN(c2ccc(C#N)cn2)C1. The first-order chi connectivity index (χ1) is 7.69. The van der Waals surface area contributed by atoms with Gasteiger partial charge in [-0.25, -0.2) is 4.98 Å². The van der Waals surface area contributed by atoms with E-state index in [0.717, 1.165) is 25.3 Å². The molecular formula is C12H16N4. The fourth-order valence-electron chi connectivity index (χ4n) is 2.23. The topological polar surface area (TPSA) is 65.9 Å². The second kappa shape index (κ2) is 4.50. The Bertz CT molecular complexity index is 382. The molecule has 1 aromatic rings. The molecule has 0 radical (unpaired) electrons. The molecule has 0 amide bonds. The number of nitrogens with zero attached hydrogens (tertiary/aromatic N) is 3. The van der Waals surface area contributed by atoms with Crippen molar-refractivity contribution in [2.24, 2.45) is 11.7 Å². The quantitative estimate of drug-likeness (QED) is 0.764. The minimum absolute atomic E-state index is 0.223. The van der Waals surface area contributed by atoms with Crippen LogP contribution >= 0.6 is 0 Å². The fourth-order valence-corrected chi connectivity index (χ4v) is 2.23. The number of aromatic nitrogens is 1. The zero-order chi connectivity index (χ0) is 11.5. The number of rotatable bonds is 1. The Morgan fingerprint density at radius 3 is 2.88 bits per heavy atom. The molecule has 84 valence electrons. The molecule has 2 rings (SSSR count). The van der Waals surface area contributed by atoms with Gasteiger partial charge in [-0.05, 0) is 24.5 Å². The summed E-state index contributed by atoms with van der Waals surface area (Å²) in [5, 5.41) is 8.70. The lowest BCUT2D eigenvalue weighted by molar-refractivity contribution is 0.400. The van der Waals surface area contributed by atoms with Crippen molar-refractivity contribution in [3.8, 4) is 6.07 Å². The van der Waals surface area contributed by atoms with E-state index in [1.54, 1.807) is 12.3 Å². The molecule has 2 unspecified atom stereocenters. The average molecular weight is 216 g/mol. The highest BCUT2D eigenvalue weighted by Crippen LogP contribution is 2.20. The van der Waals surface area contributed by atoms with Crippen LogP contribution in [0, 0.1) is 17.2 Å². The van der Waals surface area contributed by atoms with E-state index < -0.39 is 0 Å². The maximum absolute atomic E-state index is 8.70. The van der Waals surface area contributed by atoms with Crippen LogP contribution in [-0.2, 0) is 0 Å². The largest absolute Gasteiger partial charge is 0.355 e. The van der Waals surface area contributed by atoms with E-state index >= 15 is 0 Å². The van der Waals surface area contributed by atoms with Crippen molar-refractivity contribution in [1.29, 1.82) is 5.26 Å². The molecule has 4 nitrogen and oxygen atoms in total. The normalized spacial score (nSPS) is 25.2. The minimum atomic E-state index is 0.223. The summed E-state index contributed by atoms with van der Waals surface area (Å²) < 4.78 is 0. The summed E-state index contributed by atoms with van der Waals surface area (Å²) in [5.74, 6) is 1.52. The van der Waals surface area contributed by atoms with Crippen LogP contribution in [0.2, 0.25) is 0 Å². The van der Waals surface area contributed by atoms with Crippen LogP contribution in [0.15, 0.2) is 18.3 Å². The van der Waals surface area contributed by atoms with E-state index in [4.69, 9.17) is 11.0 Å².